The number of carbonyl (C=O) groups excluding carboxylic acids is 1. The fourth-order valence-corrected chi connectivity index (χ4v) is 5.17. The maximum absolute atomic E-state index is 12.4. The minimum Gasteiger partial charge on any atom is -0.366 e. The number of piperazine rings is 1. The summed E-state index contributed by atoms with van der Waals surface area (Å²) in [6.07, 6.45) is 9.36. The third kappa shape index (κ3) is 3.56. The van der Waals surface area contributed by atoms with Crippen molar-refractivity contribution in [3.8, 4) is 11.3 Å². The van der Waals surface area contributed by atoms with Gasteiger partial charge >= 0.3 is 0 Å². The van der Waals surface area contributed by atoms with Gasteiger partial charge in [0.1, 0.15) is 0 Å². The molecule has 1 atom stereocenters. The average molecular weight is 434 g/mol. The van der Waals surface area contributed by atoms with E-state index >= 15 is 0 Å². The maximum atomic E-state index is 12.4. The van der Waals surface area contributed by atoms with Crippen molar-refractivity contribution < 1.29 is 4.79 Å². The second-order valence-corrected chi connectivity index (χ2v) is 9.38. The van der Waals surface area contributed by atoms with Crippen molar-refractivity contribution in [1.82, 2.24) is 29.2 Å². The van der Waals surface area contributed by atoms with Gasteiger partial charge in [-0.15, -0.1) is 0 Å². The Hall–Kier alpha value is -2.87. The van der Waals surface area contributed by atoms with E-state index in [4.69, 9.17) is 5.10 Å². The molecule has 8 heteroatoms. The number of likely N-dealkylation sites (N-methyl/N-ethyl adjacent to an activating group) is 1. The first kappa shape index (κ1) is 19.8. The Labute approximate surface area is 188 Å². The number of carbonyl (C=O) groups is 1. The van der Waals surface area contributed by atoms with Crippen LogP contribution in [-0.2, 0) is 4.79 Å². The van der Waals surface area contributed by atoms with Gasteiger partial charge in [0.2, 0.25) is 5.91 Å². The Morgan fingerprint density at radius 3 is 2.69 bits per heavy atom. The molecule has 1 aliphatic carbocycles. The van der Waals surface area contributed by atoms with Crippen molar-refractivity contribution in [3.63, 3.8) is 0 Å². The molecule has 3 aliphatic rings. The van der Waals surface area contributed by atoms with E-state index in [1.165, 1.54) is 5.69 Å². The zero-order valence-electron chi connectivity index (χ0n) is 18.7. The minimum atomic E-state index is 0.302. The quantitative estimate of drug-likeness (QED) is 0.619. The molecule has 3 aromatic heterocycles. The molecule has 3 aromatic rings. The molecule has 0 spiro atoms. The van der Waals surface area contributed by atoms with E-state index in [-0.39, 0.29) is 0 Å². The highest BCUT2D eigenvalue weighted by Gasteiger charge is 2.34. The van der Waals surface area contributed by atoms with Gasteiger partial charge in [0, 0.05) is 69.3 Å². The number of likely N-dealkylation sites (tertiary alicyclic amines) is 1. The summed E-state index contributed by atoms with van der Waals surface area (Å²) >= 11 is 0. The first-order chi connectivity index (χ1) is 15.7. The molecule has 0 bridgehead atoms. The van der Waals surface area contributed by atoms with Gasteiger partial charge in [-0.1, -0.05) is 6.92 Å². The molecule has 1 unspecified atom stereocenters. The van der Waals surface area contributed by atoms with Crippen LogP contribution in [0, 0.1) is 5.92 Å². The molecule has 5 heterocycles. The number of anilines is 1. The van der Waals surface area contributed by atoms with Crippen LogP contribution in [0.3, 0.4) is 0 Å². The molecule has 1 saturated carbocycles. The highest BCUT2D eigenvalue weighted by atomic mass is 16.2. The Morgan fingerprint density at radius 1 is 1.09 bits per heavy atom. The second kappa shape index (κ2) is 7.92. The average Bonchev–Trinajstić information content (AvgIpc) is 3.21. The maximum Gasteiger partial charge on any atom is 0.225 e. The second-order valence-electron chi connectivity index (χ2n) is 9.38. The van der Waals surface area contributed by atoms with Gasteiger partial charge in [0.05, 0.1) is 22.9 Å². The third-order valence-corrected chi connectivity index (χ3v) is 7.32. The highest BCUT2D eigenvalue weighted by Crippen LogP contribution is 2.32. The van der Waals surface area contributed by atoms with Crippen molar-refractivity contribution in [2.45, 2.75) is 32.2 Å². The zero-order chi connectivity index (χ0) is 21.7. The number of aromatic nitrogens is 4. The van der Waals surface area contributed by atoms with Gasteiger partial charge in [0.15, 0.2) is 0 Å². The zero-order valence-corrected chi connectivity index (χ0v) is 18.7. The first-order valence-electron chi connectivity index (χ1n) is 12.0. The molecule has 32 heavy (non-hydrogen) atoms. The van der Waals surface area contributed by atoms with Gasteiger partial charge in [-0.25, -0.2) is 4.52 Å². The molecule has 1 amide bonds. The number of amides is 1. The smallest absolute Gasteiger partial charge is 0.225 e. The third-order valence-electron chi connectivity index (χ3n) is 7.32. The summed E-state index contributed by atoms with van der Waals surface area (Å²) in [4.78, 5) is 19.3. The number of hydrogen-bond donors (Lipinski definition) is 0. The molecule has 168 valence electrons. The summed E-state index contributed by atoms with van der Waals surface area (Å²) in [5.74, 6) is 0.658. The molecule has 0 radical (unpaired) electrons. The molecule has 2 saturated heterocycles. The van der Waals surface area contributed by atoms with Crippen LogP contribution in [0.2, 0.25) is 0 Å². The number of hydrogen-bond acceptors (Lipinski definition) is 5. The summed E-state index contributed by atoms with van der Waals surface area (Å²) in [5.41, 5.74) is 4.36. The van der Waals surface area contributed by atoms with Gasteiger partial charge < -0.3 is 14.7 Å². The summed E-state index contributed by atoms with van der Waals surface area (Å²) in [6, 6.07) is 6.87. The van der Waals surface area contributed by atoms with Crippen molar-refractivity contribution in [3.05, 3.63) is 36.8 Å². The standard InChI is InChI=1S/C24H31N7O/c1-2-27-9-6-20(17-27)30-10-7-21(26-30)19-15-23-22(5-8-25-31(23)16-19)28-11-13-29(14-12-28)24(32)18-3-4-18/h5,7-8,10,15-16,18,20H,2-4,6,9,11-14,17H2,1H3. The van der Waals surface area contributed by atoms with Crippen LogP contribution >= 0.6 is 0 Å². The lowest BCUT2D eigenvalue weighted by molar-refractivity contribution is -0.132. The predicted octanol–water partition coefficient (Wildman–Crippen LogP) is 2.52. The monoisotopic (exact) mass is 433 g/mol. The first-order valence-corrected chi connectivity index (χ1v) is 12.0. The number of nitrogens with zero attached hydrogens (tertiary/aromatic N) is 7. The molecule has 0 N–H and O–H groups in total. The molecular formula is C24H31N7O. The molecule has 3 fully saturated rings. The van der Waals surface area contributed by atoms with E-state index in [2.05, 4.69) is 57.1 Å². The van der Waals surface area contributed by atoms with E-state index in [0.717, 1.165) is 81.8 Å². The largest absolute Gasteiger partial charge is 0.366 e. The van der Waals surface area contributed by atoms with Gasteiger partial charge in [-0.05, 0) is 44.0 Å². The summed E-state index contributed by atoms with van der Waals surface area (Å²) in [6.45, 7) is 8.89. The van der Waals surface area contributed by atoms with E-state index in [1.54, 1.807) is 0 Å². The molecular weight excluding hydrogens is 402 g/mol. The minimum absolute atomic E-state index is 0.302. The summed E-state index contributed by atoms with van der Waals surface area (Å²) < 4.78 is 4.09. The summed E-state index contributed by atoms with van der Waals surface area (Å²) in [5, 5.41) is 9.46. The predicted molar refractivity (Wildman–Crippen MR) is 124 cm³/mol. The Bertz CT molecular complexity index is 1120. The van der Waals surface area contributed by atoms with Crippen LogP contribution < -0.4 is 4.90 Å². The highest BCUT2D eigenvalue weighted by molar-refractivity contribution is 5.82. The normalized spacial score (nSPS) is 22.2. The van der Waals surface area contributed by atoms with Crippen LogP contribution in [0.25, 0.3) is 16.8 Å². The molecule has 2 aliphatic heterocycles. The lowest BCUT2D eigenvalue weighted by Crippen LogP contribution is -2.49. The Morgan fingerprint density at radius 2 is 1.94 bits per heavy atom. The molecule has 0 aromatic carbocycles. The Balaban J connectivity index is 1.21. The van der Waals surface area contributed by atoms with Crippen LogP contribution in [0.1, 0.15) is 32.2 Å². The van der Waals surface area contributed by atoms with E-state index in [9.17, 15) is 4.79 Å². The topological polar surface area (TPSA) is 61.9 Å². The van der Waals surface area contributed by atoms with Crippen molar-refractivity contribution in [1.29, 1.82) is 0 Å². The number of rotatable bonds is 5. The lowest BCUT2D eigenvalue weighted by atomic mass is 10.2. The molecule has 8 nitrogen and oxygen atoms in total. The van der Waals surface area contributed by atoms with Crippen LogP contribution in [0.4, 0.5) is 5.69 Å². The lowest BCUT2D eigenvalue weighted by Gasteiger charge is -2.36. The molecule has 6 rings (SSSR count). The summed E-state index contributed by atoms with van der Waals surface area (Å²) in [7, 11) is 0. The van der Waals surface area contributed by atoms with Gasteiger partial charge in [0.25, 0.3) is 0 Å². The van der Waals surface area contributed by atoms with Gasteiger partial charge in [-0.2, -0.15) is 10.2 Å². The Kier molecular flexibility index (Phi) is 4.90. The van der Waals surface area contributed by atoms with Crippen LogP contribution in [0.15, 0.2) is 36.8 Å². The van der Waals surface area contributed by atoms with E-state index in [0.29, 0.717) is 17.9 Å². The van der Waals surface area contributed by atoms with Crippen LogP contribution in [0.5, 0.6) is 0 Å². The van der Waals surface area contributed by atoms with Gasteiger partial charge in [-0.3, -0.25) is 9.48 Å². The van der Waals surface area contributed by atoms with E-state index in [1.807, 2.05) is 15.6 Å². The fourth-order valence-electron chi connectivity index (χ4n) is 5.17. The van der Waals surface area contributed by atoms with Crippen molar-refractivity contribution in [2.24, 2.45) is 5.92 Å². The van der Waals surface area contributed by atoms with Crippen LogP contribution in [-0.4, -0.2) is 80.9 Å². The SMILES string of the molecule is CCN1CCC(n2ccc(-c3cc4c(N5CCN(C(=O)C6CC6)CC5)ccnn4c3)n2)C1. The van der Waals surface area contributed by atoms with E-state index < -0.39 is 0 Å². The van der Waals surface area contributed by atoms with Crippen molar-refractivity contribution in [2.75, 3.05) is 50.7 Å². The number of fused-ring (bicyclic) bond motifs is 1. The fraction of sp³-hybridized carbons (Fsp3) is 0.542. The van der Waals surface area contributed by atoms with Crippen molar-refractivity contribution >= 4 is 17.1 Å².